The van der Waals surface area contributed by atoms with E-state index in [0.29, 0.717) is 18.0 Å². The molecule has 2 heterocycles. The van der Waals surface area contributed by atoms with Crippen LogP contribution in [-0.4, -0.2) is 43.5 Å². The number of methoxy groups -OCH3 is 1. The molecule has 0 aliphatic carbocycles. The average molecular weight is 428 g/mol. The summed E-state index contributed by atoms with van der Waals surface area (Å²) < 4.78 is 11.7. The highest BCUT2D eigenvalue weighted by Gasteiger charge is 2.65. The molecule has 0 spiro atoms. The van der Waals surface area contributed by atoms with E-state index in [2.05, 4.69) is 0 Å². The Balaban J connectivity index is 1.68. The number of hydrogen-bond acceptors (Lipinski definition) is 4. The summed E-state index contributed by atoms with van der Waals surface area (Å²) in [6.07, 6.45) is -0.753. The van der Waals surface area contributed by atoms with E-state index in [1.54, 1.807) is 24.0 Å². The number of amides is 2. The third-order valence-corrected chi connectivity index (χ3v) is 6.41. The Kier molecular flexibility index (Phi) is 4.94. The quantitative estimate of drug-likeness (QED) is 0.585. The summed E-state index contributed by atoms with van der Waals surface area (Å²) in [6, 6.07) is 25.2. The second kappa shape index (κ2) is 7.80. The van der Waals surface area contributed by atoms with Gasteiger partial charge in [-0.25, -0.2) is 0 Å². The van der Waals surface area contributed by atoms with E-state index in [0.717, 1.165) is 16.7 Å². The topological polar surface area (TPSA) is 59.1 Å². The predicted molar refractivity (Wildman–Crippen MR) is 120 cm³/mol. The van der Waals surface area contributed by atoms with E-state index in [-0.39, 0.29) is 18.4 Å². The number of benzene rings is 3. The maximum absolute atomic E-state index is 13.3. The van der Waals surface area contributed by atoms with Crippen LogP contribution in [0.5, 0.6) is 5.75 Å². The van der Waals surface area contributed by atoms with E-state index in [4.69, 9.17) is 9.47 Å². The molecule has 1 fully saturated rings. The summed E-state index contributed by atoms with van der Waals surface area (Å²) in [7, 11) is 3.33. The van der Waals surface area contributed by atoms with Crippen molar-refractivity contribution in [2.24, 2.45) is 0 Å². The second-order valence-electron chi connectivity index (χ2n) is 8.07. The first-order chi connectivity index (χ1) is 15.6. The SMILES string of the molecule is COc1ccc2c(c1)N(C)C(=O)CN1C(=O)[C@@H](OCc3ccccc3)[C@@]21c1ccccc1. The molecule has 2 aliphatic rings. The van der Waals surface area contributed by atoms with Crippen molar-refractivity contribution in [2.75, 3.05) is 25.6 Å². The van der Waals surface area contributed by atoms with E-state index in [1.807, 2.05) is 78.9 Å². The van der Waals surface area contributed by atoms with Gasteiger partial charge in [-0.1, -0.05) is 66.7 Å². The van der Waals surface area contributed by atoms with Gasteiger partial charge in [-0.05, 0) is 17.2 Å². The van der Waals surface area contributed by atoms with Gasteiger partial charge in [0, 0.05) is 18.7 Å². The van der Waals surface area contributed by atoms with Gasteiger partial charge in [0.25, 0.3) is 5.91 Å². The molecule has 6 nitrogen and oxygen atoms in total. The van der Waals surface area contributed by atoms with Crippen molar-refractivity contribution in [3.05, 3.63) is 95.6 Å². The van der Waals surface area contributed by atoms with Crippen LogP contribution in [0.15, 0.2) is 78.9 Å². The van der Waals surface area contributed by atoms with Crippen molar-refractivity contribution < 1.29 is 19.1 Å². The predicted octanol–water partition coefficient (Wildman–Crippen LogP) is 3.34. The average Bonchev–Trinajstić information content (AvgIpc) is 2.92. The molecule has 5 rings (SSSR count). The molecule has 2 amide bonds. The number of β-lactam (4-membered cyclic amide) rings is 1. The summed E-state index contributed by atoms with van der Waals surface area (Å²) in [5.74, 6) is 0.301. The monoisotopic (exact) mass is 428 g/mol. The Morgan fingerprint density at radius 2 is 1.66 bits per heavy atom. The Hall–Kier alpha value is -3.64. The molecule has 0 unspecified atom stereocenters. The molecule has 6 heteroatoms. The zero-order chi connectivity index (χ0) is 22.3. The smallest absolute Gasteiger partial charge is 0.256 e. The normalized spacial score (nSPS) is 22.0. The van der Waals surface area contributed by atoms with E-state index < -0.39 is 11.6 Å². The molecular formula is C26H24N2O4. The van der Waals surface area contributed by atoms with Crippen molar-refractivity contribution in [3.63, 3.8) is 0 Å². The van der Waals surface area contributed by atoms with Crippen molar-refractivity contribution in [1.82, 2.24) is 4.90 Å². The number of anilines is 1. The highest BCUT2D eigenvalue weighted by molar-refractivity contribution is 6.04. The van der Waals surface area contributed by atoms with Crippen molar-refractivity contribution in [2.45, 2.75) is 18.2 Å². The van der Waals surface area contributed by atoms with Gasteiger partial charge in [-0.15, -0.1) is 0 Å². The lowest BCUT2D eigenvalue weighted by molar-refractivity contribution is -0.192. The Bertz CT molecular complexity index is 1160. The summed E-state index contributed by atoms with van der Waals surface area (Å²) in [5, 5.41) is 0. The van der Waals surface area contributed by atoms with Crippen LogP contribution < -0.4 is 9.64 Å². The van der Waals surface area contributed by atoms with Crippen LogP contribution in [-0.2, 0) is 26.5 Å². The molecule has 162 valence electrons. The van der Waals surface area contributed by atoms with Crippen molar-refractivity contribution >= 4 is 17.5 Å². The Labute approximate surface area is 187 Å². The summed E-state index contributed by atoms with van der Waals surface area (Å²) >= 11 is 0. The molecule has 0 saturated carbocycles. The number of hydrogen-bond donors (Lipinski definition) is 0. The van der Waals surface area contributed by atoms with Gasteiger partial charge in [-0.3, -0.25) is 9.59 Å². The minimum atomic E-state index is -0.908. The van der Waals surface area contributed by atoms with Crippen LogP contribution in [0.3, 0.4) is 0 Å². The number of nitrogens with zero attached hydrogens (tertiary/aromatic N) is 2. The van der Waals surface area contributed by atoms with Gasteiger partial charge >= 0.3 is 0 Å². The molecular weight excluding hydrogens is 404 g/mol. The first kappa shape index (κ1) is 20.3. The fraction of sp³-hybridized carbons (Fsp3) is 0.231. The number of likely N-dealkylation sites (N-methyl/N-ethyl adjacent to an activating group) is 1. The largest absolute Gasteiger partial charge is 0.497 e. The lowest BCUT2D eigenvalue weighted by Crippen LogP contribution is -2.73. The lowest BCUT2D eigenvalue weighted by atomic mass is 9.69. The third-order valence-electron chi connectivity index (χ3n) is 6.41. The number of fused-ring (bicyclic) bond motifs is 3. The summed E-state index contributed by atoms with van der Waals surface area (Å²) in [6.45, 7) is 0.279. The zero-order valence-electron chi connectivity index (χ0n) is 18.0. The summed E-state index contributed by atoms with van der Waals surface area (Å²) in [5.41, 5.74) is 2.54. The number of carbonyl (C=O) groups excluding carboxylic acids is 2. The summed E-state index contributed by atoms with van der Waals surface area (Å²) in [4.78, 5) is 29.6. The number of rotatable bonds is 5. The van der Waals surface area contributed by atoms with Gasteiger partial charge in [0.2, 0.25) is 5.91 Å². The fourth-order valence-electron chi connectivity index (χ4n) is 4.77. The standard InChI is InChI=1S/C26H24N2O4/c1-27-22-15-20(31-2)13-14-21(22)26(19-11-7-4-8-12-19)24(25(30)28(26)16-23(27)29)32-17-18-9-5-3-6-10-18/h3-15,24H,16-17H2,1-2H3/t24-,26-/m1/s1. The van der Waals surface area contributed by atoms with E-state index in [1.165, 1.54) is 0 Å². The van der Waals surface area contributed by atoms with Gasteiger partial charge in [-0.2, -0.15) is 0 Å². The van der Waals surface area contributed by atoms with Crippen LogP contribution in [0.1, 0.15) is 16.7 Å². The number of carbonyl (C=O) groups is 2. The van der Waals surface area contributed by atoms with Gasteiger partial charge in [0.1, 0.15) is 17.8 Å². The molecule has 0 radical (unpaired) electrons. The van der Waals surface area contributed by atoms with E-state index in [9.17, 15) is 9.59 Å². The second-order valence-corrected chi connectivity index (χ2v) is 8.07. The molecule has 0 bridgehead atoms. The number of ether oxygens (including phenoxy) is 2. The molecule has 3 aromatic carbocycles. The minimum absolute atomic E-state index is 0.0214. The van der Waals surface area contributed by atoms with E-state index >= 15 is 0 Å². The first-order valence-electron chi connectivity index (χ1n) is 10.5. The highest BCUT2D eigenvalue weighted by Crippen LogP contribution is 2.53. The molecule has 0 N–H and O–H groups in total. The molecule has 3 aromatic rings. The van der Waals surface area contributed by atoms with Gasteiger partial charge < -0.3 is 19.3 Å². The van der Waals surface area contributed by atoms with Crippen LogP contribution in [0.25, 0.3) is 0 Å². The third kappa shape index (κ3) is 2.91. The highest BCUT2D eigenvalue weighted by atomic mass is 16.5. The van der Waals surface area contributed by atoms with Gasteiger partial charge in [0.05, 0.1) is 19.4 Å². The maximum atomic E-state index is 13.3. The van der Waals surface area contributed by atoms with Crippen LogP contribution in [0, 0.1) is 0 Å². The first-order valence-corrected chi connectivity index (χ1v) is 10.5. The Morgan fingerprint density at radius 3 is 2.34 bits per heavy atom. The maximum Gasteiger partial charge on any atom is 0.256 e. The molecule has 1 saturated heterocycles. The Morgan fingerprint density at radius 1 is 0.969 bits per heavy atom. The van der Waals surface area contributed by atoms with Crippen LogP contribution in [0.4, 0.5) is 5.69 Å². The van der Waals surface area contributed by atoms with Crippen LogP contribution >= 0.6 is 0 Å². The minimum Gasteiger partial charge on any atom is -0.497 e. The lowest BCUT2D eigenvalue weighted by Gasteiger charge is -2.56. The molecule has 2 aliphatic heterocycles. The van der Waals surface area contributed by atoms with Crippen LogP contribution in [0.2, 0.25) is 0 Å². The van der Waals surface area contributed by atoms with Crippen molar-refractivity contribution in [3.8, 4) is 5.75 Å². The fourth-order valence-corrected chi connectivity index (χ4v) is 4.77. The molecule has 2 atom stereocenters. The van der Waals surface area contributed by atoms with Crippen molar-refractivity contribution in [1.29, 1.82) is 0 Å². The van der Waals surface area contributed by atoms with Gasteiger partial charge in [0.15, 0.2) is 6.10 Å². The molecule has 0 aromatic heterocycles. The zero-order valence-corrected chi connectivity index (χ0v) is 18.0. The molecule has 32 heavy (non-hydrogen) atoms.